The first kappa shape index (κ1) is 19.7. The van der Waals surface area contributed by atoms with Crippen LogP contribution in [-0.2, 0) is 19.0 Å². The molecule has 0 aliphatic rings. The second kappa shape index (κ2) is 9.19. The largest absolute Gasteiger partial charge is 0.434 e. The minimum atomic E-state index is -4.38. The van der Waals surface area contributed by atoms with E-state index in [1.165, 1.54) is 4.88 Å². The van der Waals surface area contributed by atoms with E-state index in [1.807, 2.05) is 6.07 Å². The predicted octanol–water partition coefficient (Wildman–Crippen LogP) is 3.81. The summed E-state index contributed by atoms with van der Waals surface area (Å²) in [7, 11) is 1.67. The summed E-state index contributed by atoms with van der Waals surface area (Å²) in [5.74, 6) is 1.09. The van der Waals surface area contributed by atoms with Crippen LogP contribution in [0.3, 0.4) is 0 Å². The summed E-state index contributed by atoms with van der Waals surface area (Å²) in [6.45, 7) is 3.41. The zero-order chi connectivity index (χ0) is 18.3. The molecule has 1 atom stereocenters. The van der Waals surface area contributed by atoms with Crippen LogP contribution in [0.1, 0.15) is 22.5 Å². The number of alkyl halides is 3. The Kier molecular flexibility index (Phi) is 7.24. The van der Waals surface area contributed by atoms with Gasteiger partial charge in [-0.2, -0.15) is 13.2 Å². The Balaban J connectivity index is 1.70. The van der Waals surface area contributed by atoms with Crippen molar-refractivity contribution >= 4 is 28.6 Å². The third kappa shape index (κ3) is 6.66. The number of nitrogens with one attached hydrogen (secondary N) is 2. The minimum absolute atomic E-state index is 0.423. The van der Waals surface area contributed by atoms with Gasteiger partial charge in [0.25, 0.3) is 0 Å². The van der Waals surface area contributed by atoms with Crippen molar-refractivity contribution in [1.29, 1.82) is 0 Å². The van der Waals surface area contributed by atoms with E-state index in [0.29, 0.717) is 29.9 Å². The van der Waals surface area contributed by atoms with Gasteiger partial charge < -0.3 is 10.6 Å². The summed E-state index contributed by atoms with van der Waals surface area (Å²) in [5.41, 5.74) is -0.822. The molecule has 0 aromatic carbocycles. The SMILES string of the molecule is CN=C(NCCc1nc(C(F)(F)F)cs1)NCC(C)Cc1cccs1. The lowest BCUT2D eigenvalue weighted by atomic mass is 10.1. The maximum Gasteiger partial charge on any atom is 0.434 e. The van der Waals surface area contributed by atoms with Crippen molar-refractivity contribution in [2.24, 2.45) is 10.9 Å². The van der Waals surface area contributed by atoms with E-state index >= 15 is 0 Å². The molecule has 2 aromatic heterocycles. The fourth-order valence-electron chi connectivity index (χ4n) is 2.18. The summed E-state index contributed by atoms with van der Waals surface area (Å²) >= 11 is 2.77. The number of guanidine groups is 1. The zero-order valence-corrected chi connectivity index (χ0v) is 15.7. The number of thiophene rings is 1. The molecule has 25 heavy (non-hydrogen) atoms. The van der Waals surface area contributed by atoms with Crippen LogP contribution in [0, 0.1) is 5.92 Å². The molecule has 0 aliphatic carbocycles. The molecule has 138 valence electrons. The highest BCUT2D eigenvalue weighted by molar-refractivity contribution is 7.10. The van der Waals surface area contributed by atoms with Crippen LogP contribution in [0.2, 0.25) is 0 Å². The molecule has 1 unspecified atom stereocenters. The number of hydrogen-bond donors (Lipinski definition) is 2. The Morgan fingerprint density at radius 1 is 1.32 bits per heavy atom. The number of hydrogen-bond acceptors (Lipinski definition) is 4. The van der Waals surface area contributed by atoms with E-state index in [2.05, 4.69) is 39.0 Å². The zero-order valence-electron chi connectivity index (χ0n) is 14.1. The van der Waals surface area contributed by atoms with E-state index in [1.54, 1.807) is 18.4 Å². The molecule has 0 fully saturated rings. The van der Waals surface area contributed by atoms with Gasteiger partial charge in [0.05, 0.1) is 5.01 Å². The molecule has 0 saturated heterocycles. The van der Waals surface area contributed by atoms with E-state index in [-0.39, 0.29) is 0 Å². The summed E-state index contributed by atoms with van der Waals surface area (Å²) < 4.78 is 37.6. The Hall–Kier alpha value is -1.61. The van der Waals surface area contributed by atoms with Crippen molar-refractivity contribution in [3.8, 4) is 0 Å². The van der Waals surface area contributed by atoms with E-state index < -0.39 is 11.9 Å². The second-order valence-electron chi connectivity index (χ2n) is 5.64. The molecule has 0 bridgehead atoms. The standard InChI is InChI=1S/C16H21F3N4S2/c1-11(8-12-4-3-7-24-12)9-22-15(20-2)21-6-5-14-23-13(10-25-14)16(17,18)19/h3-4,7,10-11H,5-6,8-9H2,1-2H3,(H2,20,21,22). The first-order valence-corrected chi connectivity index (χ1v) is 9.63. The highest BCUT2D eigenvalue weighted by Crippen LogP contribution is 2.29. The van der Waals surface area contributed by atoms with Gasteiger partial charge in [0.1, 0.15) is 0 Å². The van der Waals surface area contributed by atoms with Crippen LogP contribution in [0.15, 0.2) is 27.9 Å². The third-order valence-electron chi connectivity index (χ3n) is 3.44. The van der Waals surface area contributed by atoms with E-state index in [4.69, 9.17) is 0 Å². The topological polar surface area (TPSA) is 49.3 Å². The normalized spacial score (nSPS) is 13.7. The number of aliphatic imine (C=N–C) groups is 1. The van der Waals surface area contributed by atoms with Crippen LogP contribution < -0.4 is 10.6 Å². The quantitative estimate of drug-likeness (QED) is 0.558. The summed E-state index contributed by atoms with van der Waals surface area (Å²) in [4.78, 5) is 9.10. The highest BCUT2D eigenvalue weighted by atomic mass is 32.1. The van der Waals surface area contributed by atoms with Crippen LogP contribution in [0.4, 0.5) is 13.2 Å². The lowest BCUT2D eigenvalue weighted by Crippen LogP contribution is -2.40. The Labute approximate surface area is 153 Å². The molecular weight excluding hydrogens is 369 g/mol. The van der Waals surface area contributed by atoms with Crippen molar-refractivity contribution in [2.45, 2.75) is 25.9 Å². The molecular formula is C16H21F3N4S2. The van der Waals surface area contributed by atoms with Crippen LogP contribution in [0.25, 0.3) is 0 Å². The molecule has 0 spiro atoms. The molecule has 2 heterocycles. The molecule has 0 saturated carbocycles. The smallest absolute Gasteiger partial charge is 0.356 e. The van der Waals surface area contributed by atoms with Gasteiger partial charge in [-0.25, -0.2) is 4.98 Å². The fraction of sp³-hybridized carbons (Fsp3) is 0.500. The van der Waals surface area contributed by atoms with Gasteiger partial charge in [0.15, 0.2) is 11.7 Å². The van der Waals surface area contributed by atoms with E-state index in [9.17, 15) is 13.2 Å². The van der Waals surface area contributed by atoms with Gasteiger partial charge in [-0.05, 0) is 23.8 Å². The predicted molar refractivity (Wildman–Crippen MR) is 97.4 cm³/mol. The van der Waals surface area contributed by atoms with Gasteiger partial charge in [0.2, 0.25) is 0 Å². The van der Waals surface area contributed by atoms with Gasteiger partial charge in [0, 0.05) is 36.8 Å². The van der Waals surface area contributed by atoms with Gasteiger partial charge in [-0.1, -0.05) is 13.0 Å². The molecule has 0 radical (unpaired) electrons. The third-order valence-corrected chi connectivity index (χ3v) is 5.25. The Morgan fingerprint density at radius 2 is 2.12 bits per heavy atom. The first-order valence-electron chi connectivity index (χ1n) is 7.87. The maximum absolute atomic E-state index is 12.5. The minimum Gasteiger partial charge on any atom is -0.356 e. The summed E-state index contributed by atoms with van der Waals surface area (Å²) in [6, 6.07) is 4.17. The summed E-state index contributed by atoms with van der Waals surface area (Å²) in [5, 5.41) is 9.93. The molecule has 2 aromatic rings. The average Bonchev–Trinajstić information content (AvgIpc) is 3.21. The maximum atomic E-state index is 12.5. The van der Waals surface area contributed by atoms with Gasteiger partial charge in [-0.15, -0.1) is 22.7 Å². The van der Waals surface area contributed by atoms with Crippen LogP contribution >= 0.6 is 22.7 Å². The molecule has 9 heteroatoms. The van der Waals surface area contributed by atoms with Crippen molar-refractivity contribution in [3.63, 3.8) is 0 Å². The molecule has 2 rings (SSSR count). The Morgan fingerprint density at radius 3 is 2.72 bits per heavy atom. The lowest BCUT2D eigenvalue weighted by Gasteiger charge is -2.15. The van der Waals surface area contributed by atoms with Crippen molar-refractivity contribution in [1.82, 2.24) is 15.6 Å². The number of aromatic nitrogens is 1. The van der Waals surface area contributed by atoms with Crippen LogP contribution in [0.5, 0.6) is 0 Å². The number of rotatable bonds is 7. The molecule has 0 amide bonds. The highest BCUT2D eigenvalue weighted by Gasteiger charge is 2.33. The van der Waals surface area contributed by atoms with Crippen molar-refractivity contribution < 1.29 is 13.2 Å². The van der Waals surface area contributed by atoms with Crippen molar-refractivity contribution in [2.75, 3.05) is 20.1 Å². The molecule has 2 N–H and O–H groups in total. The Bertz CT molecular complexity index is 665. The lowest BCUT2D eigenvalue weighted by molar-refractivity contribution is -0.140. The second-order valence-corrected chi connectivity index (χ2v) is 7.62. The molecule has 0 aliphatic heterocycles. The van der Waals surface area contributed by atoms with Gasteiger partial charge >= 0.3 is 6.18 Å². The number of thiazole rings is 1. The average molecular weight is 391 g/mol. The summed E-state index contributed by atoms with van der Waals surface area (Å²) in [6.07, 6.45) is -2.95. The van der Waals surface area contributed by atoms with E-state index in [0.717, 1.165) is 29.7 Å². The van der Waals surface area contributed by atoms with Gasteiger partial charge in [-0.3, -0.25) is 4.99 Å². The van der Waals surface area contributed by atoms with Crippen molar-refractivity contribution in [3.05, 3.63) is 38.5 Å². The molecule has 4 nitrogen and oxygen atoms in total. The number of halogens is 3. The monoisotopic (exact) mass is 390 g/mol. The fourth-order valence-corrected chi connectivity index (χ4v) is 3.85. The number of nitrogens with zero attached hydrogens (tertiary/aromatic N) is 2. The van der Waals surface area contributed by atoms with Crippen LogP contribution in [-0.4, -0.2) is 31.1 Å². The first-order chi connectivity index (χ1) is 11.9.